The standard InChI is InChI=1S/C14H23N3O/c18-9-13(16-11-4-2-1-3-5-11)14-8-15-10-17(14)12-6-7-12/h8,10-13,16,18H,1-7,9H2. The number of rotatable bonds is 5. The summed E-state index contributed by atoms with van der Waals surface area (Å²) >= 11 is 0. The van der Waals surface area contributed by atoms with Crippen molar-refractivity contribution in [3.63, 3.8) is 0 Å². The predicted molar refractivity (Wildman–Crippen MR) is 70.3 cm³/mol. The summed E-state index contributed by atoms with van der Waals surface area (Å²) in [6, 6.07) is 1.25. The third-order valence-electron chi connectivity index (χ3n) is 4.22. The molecule has 3 rings (SSSR count). The van der Waals surface area contributed by atoms with E-state index in [-0.39, 0.29) is 12.6 Å². The Kier molecular flexibility index (Phi) is 3.66. The molecule has 1 aromatic heterocycles. The summed E-state index contributed by atoms with van der Waals surface area (Å²) in [6.45, 7) is 0.162. The van der Waals surface area contributed by atoms with Crippen LogP contribution < -0.4 is 5.32 Å². The number of hydrogen-bond donors (Lipinski definition) is 2. The number of aliphatic hydroxyl groups excluding tert-OH is 1. The minimum atomic E-state index is 0.0520. The summed E-state index contributed by atoms with van der Waals surface area (Å²) in [7, 11) is 0. The molecule has 18 heavy (non-hydrogen) atoms. The molecule has 2 saturated carbocycles. The van der Waals surface area contributed by atoms with Crippen molar-refractivity contribution in [1.82, 2.24) is 14.9 Å². The summed E-state index contributed by atoms with van der Waals surface area (Å²) in [5, 5.41) is 13.3. The number of hydrogen-bond acceptors (Lipinski definition) is 3. The van der Waals surface area contributed by atoms with E-state index >= 15 is 0 Å². The maximum absolute atomic E-state index is 9.65. The van der Waals surface area contributed by atoms with Crippen LogP contribution in [0, 0.1) is 0 Å². The third kappa shape index (κ3) is 2.59. The fourth-order valence-electron chi connectivity index (χ4n) is 3.03. The van der Waals surface area contributed by atoms with Crippen LogP contribution in [0.3, 0.4) is 0 Å². The summed E-state index contributed by atoms with van der Waals surface area (Å²) in [5.74, 6) is 0. The molecular formula is C14H23N3O. The lowest BCUT2D eigenvalue weighted by Crippen LogP contribution is -2.37. The van der Waals surface area contributed by atoms with Gasteiger partial charge in [0.15, 0.2) is 0 Å². The lowest BCUT2D eigenvalue weighted by atomic mass is 9.94. The van der Waals surface area contributed by atoms with E-state index in [2.05, 4.69) is 14.9 Å². The van der Waals surface area contributed by atoms with Crippen LogP contribution in [-0.2, 0) is 0 Å². The van der Waals surface area contributed by atoms with Gasteiger partial charge in [0.05, 0.1) is 24.7 Å². The van der Waals surface area contributed by atoms with Crippen LogP contribution in [0.5, 0.6) is 0 Å². The Morgan fingerprint density at radius 3 is 2.72 bits per heavy atom. The van der Waals surface area contributed by atoms with Gasteiger partial charge in [0.1, 0.15) is 0 Å². The summed E-state index contributed by atoms with van der Waals surface area (Å²) in [5.41, 5.74) is 1.16. The molecule has 0 bridgehead atoms. The largest absolute Gasteiger partial charge is 0.394 e. The molecule has 1 aromatic rings. The lowest BCUT2D eigenvalue weighted by Gasteiger charge is -2.28. The second kappa shape index (κ2) is 5.41. The normalized spacial score (nSPS) is 23.2. The fourth-order valence-corrected chi connectivity index (χ4v) is 3.03. The van der Waals surface area contributed by atoms with Gasteiger partial charge in [0.2, 0.25) is 0 Å². The highest BCUT2D eigenvalue weighted by atomic mass is 16.3. The molecule has 0 spiro atoms. The number of nitrogens with one attached hydrogen (secondary N) is 1. The predicted octanol–water partition coefficient (Wildman–Crippen LogP) is 2.17. The van der Waals surface area contributed by atoms with E-state index in [9.17, 15) is 5.11 Å². The second-order valence-corrected chi connectivity index (χ2v) is 5.69. The monoisotopic (exact) mass is 249 g/mol. The van der Waals surface area contributed by atoms with E-state index < -0.39 is 0 Å². The quantitative estimate of drug-likeness (QED) is 0.841. The van der Waals surface area contributed by atoms with Crippen LogP contribution in [0.4, 0.5) is 0 Å². The van der Waals surface area contributed by atoms with Crippen molar-refractivity contribution in [2.75, 3.05) is 6.61 Å². The van der Waals surface area contributed by atoms with Crippen LogP contribution in [0.25, 0.3) is 0 Å². The van der Waals surface area contributed by atoms with Crippen LogP contribution in [0.15, 0.2) is 12.5 Å². The molecule has 0 saturated heterocycles. The maximum atomic E-state index is 9.65. The molecule has 1 unspecified atom stereocenters. The molecule has 2 aliphatic rings. The number of imidazole rings is 1. The molecular weight excluding hydrogens is 226 g/mol. The molecule has 0 radical (unpaired) electrons. The minimum absolute atomic E-state index is 0.0520. The lowest BCUT2D eigenvalue weighted by molar-refractivity contribution is 0.215. The third-order valence-corrected chi connectivity index (χ3v) is 4.22. The molecule has 2 fully saturated rings. The minimum Gasteiger partial charge on any atom is -0.394 e. The van der Waals surface area contributed by atoms with Crippen molar-refractivity contribution in [2.45, 2.75) is 63.1 Å². The first kappa shape index (κ1) is 12.2. The van der Waals surface area contributed by atoms with Crippen molar-refractivity contribution in [2.24, 2.45) is 0 Å². The number of nitrogens with zero attached hydrogens (tertiary/aromatic N) is 2. The Balaban J connectivity index is 1.68. The zero-order chi connectivity index (χ0) is 12.4. The molecule has 4 heteroatoms. The van der Waals surface area contributed by atoms with Gasteiger partial charge >= 0.3 is 0 Å². The molecule has 0 aliphatic heterocycles. The molecule has 4 nitrogen and oxygen atoms in total. The van der Waals surface area contributed by atoms with E-state index in [1.807, 2.05) is 12.5 Å². The molecule has 0 aromatic carbocycles. The zero-order valence-electron chi connectivity index (χ0n) is 10.9. The highest BCUT2D eigenvalue weighted by Gasteiger charge is 2.28. The smallest absolute Gasteiger partial charge is 0.0951 e. The van der Waals surface area contributed by atoms with Crippen molar-refractivity contribution < 1.29 is 5.11 Å². The van der Waals surface area contributed by atoms with E-state index in [0.717, 1.165) is 5.69 Å². The van der Waals surface area contributed by atoms with Gasteiger partial charge in [0.25, 0.3) is 0 Å². The topological polar surface area (TPSA) is 50.1 Å². The second-order valence-electron chi connectivity index (χ2n) is 5.69. The van der Waals surface area contributed by atoms with E-state index in [1.54, 1.807) is 0 Å². The molecule has 100 valence electrons. The molecule has 1 heterocycles. The highest BCUT2D eigenvalue weighted by molar-refractivity contribution is 5.09. The first-order chi connectivity index (χ1) is 8.88. The van der Waals surface area contributed by atoms with Crippen molar-refractivity contribution in [3.05, 3.63) is 18.2 Å². The first-order valence-electron chi connectivity index (χ1n) is 7.27. The van der Waals surface area contributed by atoms with Gasteiger partial charge in [-0.1, -0.05) is 19.3 Å². The van der Waals surface area contributed by atoms with Crippen molar-refractivity contribution in [3.8, 4) is 0 Å². The maximum Gasteiger partial charge on any atom is 0.0951 e. The van der Waals surface area contributed by atoms with Crippen LogP contribution >= 0.6 is 0 Å². The van der Waals surface area contributed by atoms with E-state index in [4.69, 9.17) is 0 Å². The van der Waals surface area contributed by atoms with Gasteiger partial charge in [-0.25, -0.2) is 4.98 Å². The summed E-state index contributed by atoms with van der Waals surface area (Å²) < 4.78 is 2.25. The van der Waals surface area contributed by atoms with Crippen LogP contribution in [0.2, 0.25) is 0 Å². The molecule has 2 aliphatic carbocycles. The fraction of sp³-hybridized carbons (Fsp3) is 0.786. The van der Waals surface area contributed by atoms with Gasteiger partial charge in [-0.15, -0.1) is 0 Å². The SMILES string of the molecule is OCC(NC1CCCCC1)c1cncn1C1CC1. The Morgan fingerprint density at radius 2 is 2.06 bits per heavy atom. The van der Waals surface area contributed by atoms with Crippen LogP contribution in [-0.4, -0.2) is 27.3 Å². The van der Waals surface area contributed by atoms with Gasteiger partial charge in [-0.2, -0.15) is 0 Å². The van der Waals surface area contributed by atoms with Crippen molar-refractivity contribution >= 4 is 0 Å². The van der Waals surface area contributed by atoms with Crippen molar-refractivity contribution in [1.29, 1.82) is 0 Å². The number of aromatic nitrogens is 2. The average Bonchev–Trinajstić information content (AvgIpc) is 3.15. The van der Waals surface area contributed by atoms with E-state index in [1.165, 1.54) is 44.9 Å². The van der Waals surface area contributed by atoms with Gasteiger partial charge < -0.3 is 15.0 Å². The molecule has 0 amide bonds. The zero-order valence-corrected chi connectivity index (χ0v) is 10.9. The van der Waals surface area contributed by atoms with Gasteiger partial charge in [0, 0.05) is 18.3 Å². The Labute approximate surface area is 108 Å². The first-order valence-corrected chi connectivity index (χ1v) is 7.27. The summed E-state index contributed by atoms with van der Waals surface area (Å²) in [4.78, 5) is 4.26. The Morgan fingerprint density at radius 1 is 1.28 bits per heavy atom. The highest BCUT2D eigenvalue weighted by Crippen LogP contribution is 2.37. The Hall–Kier alpha value is -0.870. The molecule has 1 atom stereocenters. The van der Waals surface area contributed by atoms with Gasteiger partial charge in [-0.05, 0) is 25.7 Å². The van der Waals surface area contributed by atoms with Gasteiger partial charge in [-0.3, -0.25) is 0 Å². The summed E-state index contributed by atoms with van der Waals surface area (Å²) in [6.07, 6.45) is 12.8. The average molecular weight is 249 g/mol. The number of aliphatic hydroxyl groups is 1. The van der Waals surface area contributed by atoms with Crippen LogP contribution in [0.1, 0.15) is 62.7 Å². The Bertz CT molecular complexity index is 380. The van der Waals surface area contributed by atoms with E-state index in [0.29, 0.717) is 12.1 Å². The molecule has 2 N–H and O–H groups in total.